The lowest BCUT2D eigenvalue weighted by Crippen LogP contribution is -2.53. The molecule has 0 heterocycles. The van der Waals surface area contributed by atoms with Crippen molar-refractivity contribution < 1.29 is 9.90 Å². The van der Waals surface area contributed by atoms with Gasteiger partial charge >= 0.3 is 0 Å². The second kappa shape index (κ2) is 6.58. The fourth-order valence-corrected chi connectivity index (χ4v) is 1.54. The maximum atomic E-state index is 12.0. The van der Waals surface area contributed by atoms with Gasteiger partial charge in [-0.15, -0.1) is 6.58 Å². The van der Waals surface area contributed by atoms with Gasteiger partial charge in [-0.25, -0.2) is 0 Å². The molecular formula is C11H22N2O2. The smallest absolute Gasteiger partial charge is 0.242 e. The molecular weight excluding hydrogens is 192 g/mol. The van der Waals surface area contributed by atoms with Crippen LogP contribution >= 0.6 is 0 Å². The van der Waals surface area contributed by atoms with Crippen molar-refractivity contribution in [3.8, 4) is 0 Å². The molecule has 0 aromatic rings. The molecule has 88 valence electrons. The van der Waals surface area contributed by atoms with E-state index < -0.39 is 5.54 Å². The topological polar surface area (TPSA) is 66.6 Å². The zero-order valence-electron chi connectivity index (χ0n) is 9.70. The zero-order chi connectivity index (χ0) is 11.9. The van der Waals surface area contributed by atoms with Gasteiger partial charge in [0.1, 0.15) is 0 Å². The lowest BCUT2D eigenvalue weighted by Gasteiger charge is -2.30. The highest BCUT2D eigenvalue weighted by Gasteiger charge is 2.30. The lowest BCUT2D eigenvalue weighted by atomic mass is 9.95. The number of nitrogens with two attached hydrogens (primary N) is 1. The van der Waals surface area contributed by atoms with Crippen molar-refractivity contribution in [1.82, 2.24) is 4.90 Å². The molecule has 0 radical (unpaired) electrons. The van der Waals surface area contributed by atoms with Crippen LogP contribution in [0, 0.1) is 0 Å². The van der Waals surface area contributed by atoms with Crippen LogP contribution in [0.15, 0.2) is 12.7 Å². The summed E-state index contributed by atoms with van der Waals surface area (Å²) in [4.78, 5) is 13.5. The average molecular weight is 214 g/mol. The Labute approximate surface area is 91.8 Å². The first-order chi connectivity index (χ1) is 6.99. The molecule has 0 aliphatic carbocycles. The van der Waals surface area contributed by atoms with Crippen LogP contribution < -0.4 is 5.73 Å². The van der Waals surface area contributed by atoms with Gasteiger partial charge in [0, 0.05) is 13.1 Å². The third-order valence-corrected chi connectivity index (χ3v) is 2.26. The Hall–Kier alpha value is -0.870. The summed E-state index contributed by atoms with van der Waals surface area (Å²) in [7, 11) is 0. The summed E-state index contributed by atoms with van der Waals surface area (Å²) in [5.74, 6) is -0.127. The highest BCUT2D eigenvalue weighted by molar-refractivity contribution is 5.85. The predicted octanol–water partition coefficient (Wildman–Crippen LogP) is 0.511. The van der Waals surface area contributed by atoms with E-state index in [0.29, 0.717) is 19.5 Å². The van der Waals surface area contributed by atoms with E-state index in [9.17, 15) is 4.79 Å². The molecule has 1 unspecified atom stereocenters. The molecule has 0 rings (SSSR count). The summed E-state index contributed by atoms with van der Waals surface area (Å²) in [6.07, 6.45) is 3.14. The largest absolute Gasteiger partial charge is 0.395 e. The molecule has 0 saturated carbocycles. The van der Waals surface area contributed by atoms with Gasteiger partial charge in [-0.2, -0.15) is 0 Å². The average Bonchev–Trinajstić information content (AvgIpc) is 2.16. The van der Waals surface area contributed by atoms with Crippen molar-refractivity contribution in [3.05, 3.63) is 12.7 Å². The molecule has 3 N–H and O–H groups in total. The Balaban J connectivity index is 4.52. The summed E-state index contributed by atoms with van der Waals surface area (Å²) in [6.45, 7) is 7.97. The monoisotopic (exact) mass is 214 g/mol. The van der Waals surface area contributed by atoms with E-state index in [4.69, 9.17) is 10.8 Å². The number of rotatable bonds is 7. The van der Waals surface area contributed by atoms with Crippen molar-refractivity contribution >= 4 is 5.91 Å². The van der Waals surface area contributed by atoms with Crippen LogP contribution in [0.2, 0.25) is 0 Å². The minimum absolute atomic E-state index is 0.0538. The van der Waals surface area contributed by atoms with E-state index >= 15 is 0 Å². The number of hydrogen-bond donors (Lipinski definition) is 2. The highest BCUT2D eigenvalue weighted by atomic mass is 16.3. The third kappa shape index (κ3) is 4.44. The quantitative estimate of drug-likeness (QED) is 0.607. The van der Waals surface area contributed by atoms with E-state index in [2.05, 4.69) is 6.58 Å². The van der Waals surface area contributed by atoms with Gasteiger partial charge in [-0.1, -0.05) is 19.4 Å². The van der Waals surface area contributed by atoms with E-state index in [1.54, 1.807) is 13.0 Å². The number of amides is 1. The molecule has 1 amide bonds. The van der Waals surface area contributed by atoms with Gasteiger partial charge in [0.2, 0.25) is 5.91 Å². The number of carbonyl (C=O) groups excluding carboxylic acids is 1. The van der Waals surface area contributed by atoms with Gasteiger partial charge in [0.15, 0.2) is 0 Å². The predicted molar refractivity (Wildman–Crippen MR) is 61.4 cm³/mol. The van der Waals surface area contributed by atoms with Crippen LogP contribution in [0.25, 0.3) is 0 Å². The van der Waals surface area contributed by atoms with Gasteiger partial charge in [-0.3, -0.25) is 4.79 Å². The summed E-state index contributed by atoms with van der Waals surface area (Å²) in [5, 5.41) is 8.84. The SMILES string of the molecule is C=CCN(CCO)C(=O)C(C)(N)CCC. The molecule has 0 saturated heterocycles. The summed E-state index contributed by atoms with van der Waals surface area (Å²) < 4.78 is 0. The summed E-state index contributed by atoms with van der Waals surface area (Å²) in [5.41, 5.74) is 5.08. The van der Waals surface area contributed by atoms with Crippen molar-refractivity contribution in [3.63, 3.8) is 0 Å². The third-order valence-electron chi connectivity index (χ3n) is 2.26. The van der Waals surface area contributed by atoms with Gasteiger partial charge in [-0.05, 0) is 13.3 Å². The Morgan fingerprint density at radius 2 is 2.27 bits per heavy atom. The molecule has 0 aliphatic heterocycles. The normalized spacial score (nSPS) is 14.4. The van der Waals surface area contributed by atoms with Crippen molar-refractivity contribution in [1.29, 1.82) is 0 Å². The minimum atomic E-state index is -0.840. The molecule has 0 bridgehead atoms. The van der Waals surface area contributed by atoms with Crippen molar-refractivity contribution in [2.24, 2.45) is 5.73 Å². The van der Waals surface area contributed by atoms with Crippen LogP contribution in [-0.2, 0) is 4.79 Å². The second-order valence-corrected chi connectivity index (χ2v) is 3.93. The fourth-order valence-electron chi connectivity index (χ4n) is 1.54. The molecule has 4 heteroatoms. The first-order valence-corrected chi connectivity index (χ1v) is 5.29. The van der Waals surface area contributed by atoms with Crippen LogP contribution in [0.3, 0.4) is 0 Å². The van der Waals surface area contributed by atoms with Gasteiger partial charge in [0.05, 0.1) is 12.1 Å². The number of carbonyl (C=O) groups is 1. The first-order valence-electron chi connectivity index (χ1n) is 5.29. The summed E-state index contributed by atoms with van der Waals surface area (Å²) in [6, 6.07) is 0. The van der Waals surface area contributed by atoms with Gasteiger partial charge < -0.3 is 15.7 Å². The molecule has 15 heavy (non-hydrogen) atoms. The molecule has 0 aromatic heterocycles. The maximum absolute atomic E-state index is 12.0. The van der Waals surface area contributed by atoms with Crippen LogP contribution in [0.4, 0.5) is 0 Å². The maximum Gasteiger partial charge on any atom is 0.242 e. The number of aliphatic hydroxyl groups is 1. The Bertz CT molecular complexity index is 215. The van der Waals surface area contributed by atoms with Crippen LogP contribution in [-0.4, -0.2) is 41.1 Å². The standard InChI is InChI=1S/C11H22N2O2/c1-4-6-11(3,12)10(15)13(7-5-2)8-9-14/h5,14H,2,4,6-9,12H2,1,3H3. The van der Waals surface area contributed by atoms with Crippen LogP contribution in [0.5, 0.6) is 0 Å². The van der Waals surface area contributed by atoms with Gasteiger partial charge in [0.25, 0.3) is 0 Å². The second-order valence-electron chi connectivity index (χ2n) is 3.93. The molecule has 4 nitrogen and oxygen atoms in total. The zero-order valence-corrected chi connectivity index (χ0v) is 9.70. The molecule has 1 atom stereocenters. The van der Waals surface area contributed by atoms with E-state index in [-0.39, 0.29) is 12.5 Å². The molecule has 0 aliphatic rings. The number of nitrogens with zero attached hydrogens (tertiary/aromatic N) is 1. The Kier molecular flexibility index (Phi) is 6.20. The fraction of sp³-hybridized carbons (Fsp3) is 0.727. The first kappa shape index (κ1) is 14.1. The van der Waals surface area contributed by atoms with Crippen LogP contribution in [0.1, 0.15) is 26.7 Å². The van der Waals surface area contributed by atoms with Crippen molar-refractivity contribution in [2.45, 2.75) is 32.2 Å². The molecule has 0 spiro atoms. The van der Waals surface area contributed by atoms with Crippen molar-refractivity contribution in [2.75, 3.05) is 19.7 Å². The molecule has 0 fully saturated rings. The Morgan fingerprint density at radius 1 is 1.67 bits per heavy atom. The van der Waals surface area contributed by atoms with E-state index in [1.807, 2.05) is 6.92 Å². The van der Waals surface area contributed by atoms with E-state index in [1.165, 1.54) is 4.90 Å². The number of aliphatic hydroxyl groups excluding tert-OH is 1. The minimum Gasteiger partial charge on any atom is -0.395 e. The highest BCUT2D eigenvalue weighted by Crippen LogP contribution is 2.12. The molecule has 0 aromatic carbocycles. The summed E-state index contributed by atoms with van der Waals surface area (Å²) >= 11 is 0. The van der Waals surface area contributed by atoms with E-state index in [0.717, 1.165) is 6.42 Å². The lowest BCUT2D eigenvalue weighted by molar-refractivity contribution is -0.136. The Morgan fingerprint density at radius 3 is 2.67 bits per heavy atom. The number of hydrogen-bond acceptors (Lipinski definition) is 3.